The molecule has 0 radical (unpaired) electrons. The molecule has 2 amide bonds. The Bertz CT molecular complexity index is 587. The monoisotopic (exact) mass is 377 g/mol. The zero-order chi connectivity index (χ0) is 16.7. The number of anilines is 1. The van der Waals surface area contributed by atoms with Crippen molar-refractivity contribution in [1.82, 2.24) is 10.2 Å². The van der Waals surface area contributed by atoms with E-state index in [0.717, 1.165) is 36.1 Å². The van der Waals surface area contributed by atoms with Crippen molar-refractivity contribution >= 4 is 33.4 Å². The average Bonchev–Trinajstić information content (AvgIpc) is 2.55. The van der Waals surface area contributed by atoms with Crippen LogP contribution in [0.15, 0.2) is 28.7 Å². The highest BCUT2D eigenvalue weighted by Gasteiger charge is 2.25. The van der Waals surface area contributed by atoms with Gasteiger partial charge in [0.25, 0.3) is 0 Å². The van der Waals surface area contributed by atoms with Crippen molar-refractivity contribution in [3.63, 3.8) is 0 Å². The van der Waals surface area contributed by atoms with Crippen molar-refractivity contribution in [1.29, 1.82) is 0 Å². The average molecular weight is 378 g/mol. The summed E-state index contributed by atoms with van der Waals surface area (Å²) in [6, 6.07) is 7.53. The largest absolute Gasteiger partial charge is 0.344 e. The first kappa shape index (κ1) is 17.5. The molecule has 0 bridgehead atoms. The Labute approximate surface area is 144 Å². The molecule has 122 valence electrons. The maximum atomic E-state index is 12.3. The number of nitrogens with one attached hydrogen (secondary N) is 2. The second-order valence-electron chi connectivity index (χ2n) is 5.53. The van der Waals surface area contributed by atoms with Gasteiger partial charge in [-0.2, -0.15) is 0 Å². The van der Waals surface area contributed by atoms with E-state index < -0.39 is 0 Å². The molecule has 1 fully saturated rings. The fourth-order valence-corrected chi connectivity index (χ4v) is 2.80. The van der Waals surface area contributed by atoms with Crippen LogP contribution in [0.4, 0.5) is 5.69 Å². The van der Waals surface area contributed by atoms with Crippen LogP contribution in [-0.2, 0) is 9.59 Å². The van der Waals surface area contributed by atoms with Gasteiger partial charge in [0.2, 0.25) is 11.8 Å². The third kappa shape index (κ3) is 5.70. The Morgan fingerprint density at radius 1 is 1.26 bits per heavy atom. The number of hydrogen-bond acceptors (Lipinski definition) is 3. The van der Waals surface area contributed by atoms with E-state index in [1.165, 1.54) is 0 Å². The summed E-state index contributed by atoms with van der Waals surface area (Å²) in [5.41, 5.74) is 0.800. The van der Waals surface area contributed by atoms with Crippen LogP contribution >= 0.6 is 15.9 Å². The van der Waals surface area contributed by atoms with E-state index in [-0.39, 0.29) is 24.3 Å². The van der Waals surface area contributed by atoms with Gasteiger partial charge < -0.3 is 10.6 Å². The summed E-state index contributed by atoms with van der Waals surface area (Å²) in [7, 11) is 0. The normalized spacial score (nSPS) is 15.7. The minimum atomic E-state index is -0.0688. The third-order valence-electron chi connectivity index (χ3n) is 3.82. The number of hydrogen-bond donors (Lipinski definition) is 2. The lowest BCUT2D eigenvalue weighted by atomic mass is 9.96. The van der Waals surface area contributed by atoms with Gasteiger partial charge in [-0.15, -0.1) is 6.42 Å². The highest BCUT2D eigenvalue weighted by molar-refractivity contribution is 9.10. The first-order chi connectivity index (χ1) is 11.1. The molecule has 0 saturated carbocycles. The Morgan fingerprint density at radius 2 is 1.91 bits per heavy atom. The number of amides is 2. The van der Waals surface area contributed by atoms with Crippen molar-refractivity contribution < 1.29 is 9.59 Å². The smallest absolute Gasteiger partial charge is 0.234 e. The molecule has 23 heavy (non-hydrogen) atoms. The number of carbonyl (C=O) groups excluding carboxylic acids is 2. The number of terminal acetylenes is 1. The lowest BCUT2D eigenvalue weighted by molar-refractivity contribution is -0.123. The van der Waals surface area contributed by atoms with Crippen LogP contribution in [0.5, 0.6) is 0 Å². The predicted octanol–water partition coefficient (Wildman–Crippen LogP) is 1.85. The van der Waals surface area contributed by atoms with E-state index in [4.69, 9.17) is 6.42 Å². The molecule has 1 aromatic rings. The number of rotatable bonds is 5. The number of benzene rings is 1. The number of nitrogens with zero attached hydrogens (tertiary/aromatic N) is 1. The Balaban J connectivity index is 1.75. The molecule has 6 heteroatoms. The van der Waals surface area contributed by atoms with Gasteiger partial charge in [0.05, 0.1) is 13.1 Å². The van der Waals surface area contributed by atoms with Gasteiger partial charge >= 0.3 is 0 Å². The second kappa shape index (κ2) is 8.70. The van der Waals surface area contributed by atoms with Crippen LogP contribution in [0.2, 0.25) is 0 Å². The van der Waals surface area contributed by atoms with E-state index >= 15 is 0 Å². The molecular weight excluding hydrogens is 358 g/mol. The zero-order valence-electron chi connectivity index (χ0n) is 12.8. The van der Waals surface area contributed by atoms with Crippen LogP contribution in [-0.4, -0.2) is 42.9 Å². The van der Waals surface area contributed by atoms with Gasteiger partial charge in [0.15, 0.2) is 0 Å². The Hall–Kier alpha value is -1.84. The van der Waals surface area contributed by atoms with E-state index in [0.29, 0.717) is 6.54 Å². The maximum absolute atomic E-state index is 12.3. The van der Waals surface area contributed by atoms with E-state index in [2.05, 4.69) is 37.4 Å². The van der Waals surface area contributed by atoms with Gasteiger partial charge in [0.1, 0.15) is 0 Å². The molecule has 2 N–H and O–H groups in total. The molecule has 1 aliphatic rings. The van der Waals surface area contributed by atoms with Crippen molar-refractivity contribution in [2.75, 3.05) is 31.5 Å². The van der Waals surface area contributed by atoms with Gasteiger partial charge in [0, 0.05) is 16.1 Å². The molecule has 5 nitrogen and oxygen atoms in total. The first-order valence-electron chi connectivity index (χ1n) is 7.57. The Kier molecular flexibility index (Phi) is 6.63. The number of carbonyl (C=O) groups is 2. The molecular formula is C17H20BrN3O2. The molecule has 0 unspecified atom stereocenters. The molecule has 0 aromatic heterocycles. The van der Waals surface area contributed by atoms with Gasteiger partial charge in [-0.05, 0) is 50.2 Å². The zero-order valence-corrected chi connectivity index (χ0v) is 14.4. The van der Waals surface area contributed by atoms with Crippen molar-refractivity contribution in [3.05, 3.63) is 28.7 Å². The van der Waals surface area contributed by atoms with Crippen LogP contribution in [0.3, 0.4) is 0 Å². The third-order valence-corrected chi connectivity index (χ3v) is 4.35. The van der Waals surface area contributed by atoms with Gasteiger partial charge in [-0.3, -0.25) is 14.5 Å². The maximum Gasteiger partial charge on any atom is 0.234 e. The molecule has 0 atom stereocenters. The SMILES string of the molecule is C#CCNC(=O)CN1CCC(C(=O)Nc2ccc(Br)cc2)CC1. The molecule has 0 aliphatic carbocycles. The van der Waals surface area contributed by atoms with E-state index in [1.54, 1.807) is 0 Å². The topological polar surface area (TPSA) is 61.4 Å². The molecule has 1 saturated heterocycles. The standard InChI is InChI=1S/C17H20BrN3O2/c1-2-9-19-16(22)12-21-10-7-13(8-11-21)17(23)20-15-5-3-14(18)4-6-15/h1,3-6,13H,7-12H2,(H,19,22)(H,20,23). The van der Waals surface area contributed by atoms with E-state index in [9.17, 15) is 9.59 Å². The summed E-state index contributed by atoms with van der Waals surface area (Å²) in [5.74, 6) is 2.34. The van der Waals surface area contributed by atoms with Crippen molar-refractivity contribution in [2.45, 2.75) is 12.8 Å². The van der Waals surface area contributed by atoms with Crippen LogP contribution in [0.25, 0.3) is 0 Å². The predicted molar refractivity (Wildman–Crippen MR) is 93.8 cm³/mol. The number of piperidine rings is 1. The summed E-state index contributed by atoms with van der Waals surface area (Å²) < 4.78 is 0.979. The summed E-state index contributed by atoms with van der Waals surface area (Å²) in [4.78, 5) is 26.0. The lowest BCUT2D eigenvalue weighted by Crippen LogP contribution is -2.43. The molecule has 1 aliphatic heterocycles. The number of halogens is 1. The van der Waals surface area contributed by atoms with Crippen molar-refractivity contribution in [3.8, 4) is 12.3 Å². The van der Waals surface area contributed by atoms with Gasteiger partial charge in [-0.25, -0.2) is 0 Å². The van der Waals surface area contributed by atoms with E-state index in [1.807, 2.05) is 24.3 Å². The summed E-state index contributed by atoms with van der Waals surface area (Å²) in [6.45, 7) is 2.07. The minimum absolute atomic E-state index is 0.0105. The minimum Gasteiger partial charge on any atom is -0.344 e. The Morgan fingerprint density at radius 3 is 2.52 bits per heavy atom. The second-order valence-corrected chi connectivity index (χ2v) is 6.44. The first-order valence-corrected chi connectivity index (χ1v) is 8.36. The van der Waals surface area contributed by atoms with Crippen molar-refractivity contribution in [2.24, 2.45) is 5.92 Å². The summed E-state index contributed by atoms with van der Waals surface area (Å²) >= 11 is 3.37. The summed E-state index contributed by atoms with van der Waals surface area (Å²) in [5, 5.41) is 5.59. The van der Waals surface area contributed by atoms with Crippen LogP contribution < -0.4 is 10.6 Å². The summed E-state index contributed by atoms with van der Waals surface area (Å²) in [6.07, 6.45) is 6.62. The van der Waals surface area contributed by atoms with Crippen LogP contribution in [0, 0.1) is 18.3 Å². The molecule has 1 aromatic carbocycles. The highest BCUT2D eigenvalue weighted by Crippen LogP contribution is 2.20. The fourth-order valence-electron chi connectivity index (χ4n) is 2.54. The fraction of sp³-hybridized carbons (Fsp3) is 0.412. The molecule has 1 heterocycles. The molecule has 2 rings (SSSR count). The number of likely N-dealkylation sites (tertiary alicyclic amines) is 1. The molecule has 0 spiro atoms. The highest BCUT2D eigenvalue weighted by atomic mass is 79.9. The lowest BCUT2D eigenvalue weighted by Gasteiger charge is -2.30. The quantitative estimate of drug-likeness (QED) is 0.769. The van der Waals surface area contributed by atoms with Gasteiger partial charge in [-0.1, -0.05) is 21.9 Å². The van der Waals surface area contributed by atoms with Crippen LogP contribution in [0.1, 0.15) is 12.8 Å².